The van der Waals surface area contributed by atoms with Crippen molar-refractivity contribution in [3.63, 3.8) is 0 Å². The number of hydrogen-bond donors (Lipinski definition) is 0. The van der Waals surface area contributed by atoms with Crippen LogP contribution >= 0.6 is 0 Å². The van der Waals surface area contributed by atoms with Crippen LogP contribution in [-0.2, 0) is 15.9 Å². The average molecular weight is 361 g/mol. The molecular weight excluding hydrogens is 330 g/mol. The quantitative estimate of drug-likeness (QED) is 0.807. The van der Waals surface area contributed by atoms with Crippen molar-refractivity contribution in [1.29, 1.82) is 0 Å². The standard InChI is InChI=1S/C20H31N3O3/c1-12-8-15-9-16-11-22(19(24)26-20(4,5)6)10-13(2)23(16)18(15)21-17(12)14(3)25-7/h8,13-14,16H,9-11H2,1-7H3/t13-,14-,16-/m1/s1. The van der Waals surface area contributed by atoms with E-state index in [2.05, 4.69) is 24.8 Å². The lowest BCUT2D eigenvalue weighted by Crippen LogP contribution is -2.58. The van der Waals surface area contributed by atoms with Gasteiger partial charge in [0.2, 0.25) is 0 Å². The first-order valence-corrected chi connectivity index (χ1v) is 9.40. The van der Waals surface area contributed by atoms with Gasteiger partial charge in [0.15, 0.2) is 0 Å². The summed E-state index contributed by atoms with van der Waals surface area (Å²) in [6, 6.07) is 2.68. The highest BCUT2D eigenvalue weighted by molar-refractivity contribution is 5.69. The Morgan fingerprint density at radius 2 is 2.04 bits per heavy atom. The molecular formula is C20H31N3O3. The number of pyridine rings is 1. The zero-order valence-corrected chi connectivity index (χ0v) is 17.0. The number of anilines is 1. The van der Waals surface area contributed by atoms with Crippen LogP contribution in [0.4, 0.5) is 10.6 Å². The van der Waals surface area contributed by atoms with E-state index in [1.807, 2.05) is 32.6 Å². The predicted octanol–water partition coefficient (Wildman–Crippen LogP) is 3.47. The maximum atomic E-state index is 12.5. The summed E-state index contributed by atoms with van der Waals surface area (Å²) < 4.78 is 11.1. The number of carbonyl (C=O) groups is 1. The number of hydrogen-bond acceptors (Lipinski definition) is 5. The maximum absolute atomic E-state index is 12.5. The molecule has 0 bridgehead atoms. The van der Waals surface area contributed by atoms with Gasteiger partial charge < -0.3 is 19.3 Å². The van der Waals surface area contributed by atoms with Gasteiger partial charge in [-0.2, -0.15) is 0 Å². The van der Waals surface area contributed by atoms with E-state index in [1.54, 1.807) is 7.11 Å². The molecule has 1 amide bonds. The van der Waals surface area contributed by atoms with Crippen molar-refractivity contribution in [2.75, 3.05) is 25.1 Å². The Balaban J connectivity index is 1.83. The van der Waals surface area contributed by atoms with E-state index in [0.29, 0.717) is 13.1 Å². The van der Waals surface area contributed by atoms with Crippen LogP contribution in [-0.4, -0.2) is 53.9 Å². The minimum Gasteiger partial charge on any atom is -0.444 e. The normalized spacial score (nSPS) is 23.5. The maximum Gasteiger partial charge on any atom is 0.410 e. The highest BCUT2D eigenvalue weighted by Crippen LogP contribution is 2.37. The number of aromatic nitrogens is 1. The fraction of sp³-hybridized carbons (Fsp3) is 0.700. The van der Waals surface area contributed by atoms with Gasteiger partial charge in [0.25, 0.3) is 0 Å². The van der Waals surface area contributed by atoms with Crippen molar-refractivity contribution in [2.45, 2.75) is 71.8 Å². The monoisotopic (exact) mass is 361 g/mol. The Labute approximate surface area is 156 Å². The van der Waals surface area contributed by atoms with Gasteiger partial charge in [0.1, 0.15) is 11.4 Å². The molecule has 0 spiro atoms. The average Bonchev–Trinajstić information content (AvgIpc) is 2.89. The van der Waals surface area contributed by atoms with E-state index in [0.717, 1.165) is 23.5 Å². The molecule has 3 heterocycles. The van der Waals surface area contributed by atoms with Crippen LogP contribution in [0.2, 0.25) is 0 Å². The number of aryl methyl sites for hydroxylation is 1. The first-order valence-electron chi connectivity index (χ1n) is 9.40. The highest BCUT2D eigenvalue weighted by Gasteiger charge is 2.41. The third-order valence-electron chi connectivity index (χ3n) is 5.18. The number of methoxy groups -OCH3 is 1. The van der Waals surface area contributed by atoms with Crippen LogP contribution in [0.5, 0.6) is 0 Å². The fourth-order valence-electron chi connectivity index (χ4n) is 4.03. The summed E-state index contributed by atoms with van der Waals surface area (Å²) in [7, 11) is 1.71. The molecule has 0 saturated carbocycles. The van der Waals surface area contributed by atoms with Gasteiger partial charge in [-0.15, -0.1) is 0 Å². The molecule has 0 aromatic carbocycles. The largest absolute Gasteiger partial charge is 0.444 e. The second-order valence-electron chi connectivity index (χ2n) is 8.55. The zero-order chi connectivity index (χ0) is 19.2. The van der Waals surface area contributed by atoms with Crippen LogP contribution in [0.1, 0.15) is 57.5 Å². The van der Waals surface area contributed by atoms with Crippen LogP contribution in [0, 0.1) is 6.92 Å². The number of amides is 1. The molecule has 0 radical (unpaired) electrons. The first-order chi connectivity index (χ1) is 12.1. The van der Waals surface area contributed by atoms with Gasteiger partial charge in [-0.3, -0.25) is 0 Å². The van der Waals surface area contributed by atoms with Crippen molar-refractivity contribution in [1.82, 2.24) is 9.88 Å². The van der Waals surface area contributed by atoms with Gasteiger partial charge in [-0.25, -0.2) is 9.78 Å². The fourth-order valence-corrected chi connectivity index (χ4v) is 4.03. The Hall–Kier alpha value is -1.82. The summed E-state index contributed by atoms with van der Waals surface area (Å²) in [5, 5.41) is 0. The molecule has 1 aromatic heterocycles. The molecule has 1 fully saturated rings. The van der Waals surface area contributed by atoms with Crippen molar-refractivity contribution in [3.8, 4) is 0 Å². The molecule has 1 aromatic rings. The van der Waals surface area contributed by atoms with E-state index in [-0.39, 0.29) is 24.3 Å². The molecule has 3 rings (SSSR count). The van der Waals surface area contributed by atoms with E-state index in [4.69, 9.17) is 14.5 Å². The van der Waals surface area contributed by atoms with Gasteiger partial charge in [0.05, 0.1) is 17.8 Å². The van der Waals surface area contributed by atoms with Gasteiger partial charge in [-0.05, 0) is 59.1 Å². The third kappa shape index (κ3) is 3.52. The molecule has 1 saturated heterocycles. The van der Waals surface area contributed by atoms with Crippen molar-refractivity contribution >= 4 is 11.9 Å². The van der Waals surface area contributed by atoms with E-state index in [9.17, 15) is 4.79 Å². The summed E-state index contributed by atoms with van der Waals surface area (Å²) in [6.07, 6.45) is 0.657. The lowest BCUT2D eigenvalue weighted by atomic mass is 10.0. The molecule has 0 unspecified atom stereocenters. The summed E-state index contributed by atoms with van der Waals surface area (Å²) in [4.78, 5) is 21.7. The lowest BCUT2D eigenvalue weighted by molar-refractivity contribution is 0.0191. The number of rotatable bonds is 2. The predicted molar refractivity (Wildman–Crippen MR) is 102 cm³/mol. The molecule has 144 valence electrons. The third-order valence-corrected chi connectivity index (χ3v) is 5.18. The Kier molecular flexibility index (Phi) is 4.90. The minimum atomic E-state index is -0.472. The molecule has 6 nitrogen and oxygen atoms in total. The van der Waals surface area contributed by atoms with Crippen LogP contribution in [0.25, 0.3) is 0 Å². The molecule has 0 N–H and O–H groups in total. The van der Waals surface area contributed by atoms with Gasteiger partial charge >= 0.3 is 6.09 Å². The lowest BCUT2D eigenvalue weighted by Gasteiger charge is -2.43. The van der Waals surface area contributed by atoms with E-state index >= 15 is 0 Å². The number of nitrogens with zero attached hydrogens (tertiary/aromatic N) is 3. The molecule has 2 aliphatic rings. The summed E-state index contributed by atoms with van der Waals surface area (Å²) in [5.74, 6) is 1.05. The zero-order valence-electron chi connectivity index (χ0n) is 17.0. The smallest absolute Gasteiger partial charge is 0.410 e. The second kappa shape index (κ2) is 6.72. The number of piperazine rings is 1. The van der Waals surface area contributed by atoms with Gasteiger partial charge in [-0.1, -0.05) is 6.07 Å². The Morgan fingerprint density at radius 1 is 1.35 bits per heavy atom. The Bertz CT molecular complexity index is 698. The topological polar surface area (TPSA) is 54.9 Å². The van der Waals surface area contributed by atoms with Crippen LogP contribution in [0.3, 0.4) is 0 Å². The molecule has 3 atom stereocenters. The Morgan fingerprint density at radius 3 is 2.65 bits per heavy atom. The van der Waals surface area contributed by atoms with Crippen molar-refractivity contribution in [3.05, 3.63) is 22.9 Å². The SMILES string of the molecule is CO[C@H](C)c1nc2c(cc1C)C[C@@H]1CN(C(=O)OC(C)(C)C)C[C@@H](C)N21. The minimum absolute atomic E-state index is 0.0299. The molecule has 6 heteroatoms. The van der Waals surface area contributed by atoms with Crippen LogP contribution in [0.15, 0.2) is 6.07 Å². The van der Waals surface area contributed by atoms with Gasteiger partial charge in [0, 0.05) is 26.2 Å². The number of carbonyl (C=O) groups excluding carboxylic acids is 1. The number of ether oxygens (including phenoxy) is 2. The number of fused-ring (bicyclic) bond motifs is 3. The second-order valence-corrected chi connectivity index (χ2v) is 8.55. The summed E-state index contributed by atoms with van der Waals surface area (Å²) in [6.45, 7) is 13.3. The van der Waals surface area contributed by atoms with Crippen molar-refractivity contribution in [2.24, 2.45) is 0 Å². The summed E-state index contributed by atoms with van der Waals surface area (Å²) in [5.41, 5.74) is 2.95. The first kappa shape index (κ1) is 19.0. The van der Waals surface area contributed by atoms with Crippen LogP contribution < -0.4 is 4.90 Å². The van der Waals surface area contributed by atoms with E-state index < -0.39 is 5.60 Å². The highest BCUT2D eigenvalue weighted by atomic mass is 16.6. The summed E-state index contributed by atoms with van der Waals surface area (Å²) >= 11 is 0. The molecule has 2 aliphatic heterocycles. The van der Waals surface area contributed by atoms with E-state index in [1.165, 1.54) is 5.56 Å². The molecule has 26 heavy (non-hydrogen) atoms. The van der Waals surface area contributed by atoms with Crippen molar-refractivity contribution < 1.29 is 14.3 Å². The molecule has 0 aliphatic carbocycles.